The van der Waals surface area contributed by atoms with Crippen LogP contribution in [0.5, 0.6) is 5.75 Å². The maximum Gasteiger partial charge on any atom is 0.238 e. The summed E-state index contributed by atoms with van der Waals surface area (Å²) in [5.41, 5.74) is 0.342. The van der Waals surface area contributed by atoms with Crippen molar-refractivity contribution in [3.05, 3.63) is 23.8 Å². The van der Waals surface area contributed by atoms with Crippen molar-refractivity contribution in [3.8, 4) is 11.8 Å². The van der Waals surface area contributed by atoms with Gasteiger partial charge < -0.3 is 4.74 Å². The molecule has 0 radical (unpaired) electrons. The number of benzene rings is 1. The molecule has 2 N–H and O–H groups in total. The molecule has 0 bridgehead atoms. The first-order valence-corrected chi connectivity index (χ1v) is 8.32. The van der Waals surface area contributed by atoms with Crippen molar-refractivity contribution in [2.45, 2.75) is 44.9 Å². The Morgan fingerprint density at radius 3 is 2.48 bits per heavy atom. The van der Waals surface area contributed by atoms with Crippen LogP contribution in [-0.4, -0.2) is 15.0 Å². The molecule has 0 aliphatic rings. The molecule has 6 heteroatoms. The van der Waals surface area contributed by atoms with Crippen LogP contribution in [0.15, 0.2) is 23.1 Å². The molecule has 0 aromatic heterocycles. The zero-order valence-corrected chi connectivity index (χ0v) is 13.7. The standard InChI is InChI=1S/C15H22N2O3S/c1-11(2)13-9-12(21(17,18)19)5-6-14(13)20-8-7-15(3,4)10-16/h5-6,9,11H,7-8H2,1-4H3,(H2,17,18,19). The Morgan fingerprint density at radius 2 is 2.00 bits per heavy atom. The number of hydrogen-bond acceptors (Lipinski definition) is 4. The first-order valence-electron chi connectivity index (χ1n) is 6.77. The van der Waals surface area contributed by atoms with Crippen LogP contribution >= 0.6 is 0 Å². The highest BCUT2D eigenvalue weighted by Gasteiger charge is 2.18. The van der Waals surface area contributed by atoms with Gasteiger partial charge >= 0.3 is 0 Å². The van der Waals surface area contributed by atoms with Crippen LogP contribution in [0.4, 0.5) is 0 Å². The lowest BCUT2D eigenvalue weighted by atomic mass is 9.92. The van der Waals surface area contributed by atoms with Gasteiger partial charge in [0.15, 0.2) is 0 Å². The lowest BCUT2D eigenvalue weighted by molar-refractivity contribution is 0.261. The monoisotopic (exact) mass is 310 g/mol. The van der Waals surface area contributed by atoms with Crippen LogP contribution in [0.3, 0.4) is 0 Å². The van der Waals surface area contributed by atoms with Crippen molar-refractivity contribution in [2.24, 2.45) is 10.6 Å². The molecule has 0 aliphatic heterocycles. The fourth-order valence-corrected chi connectivity index (χ4v) is 2.31. The van der Waals surface area contributed by atoms with E-state index in [2.05, 4.69) is 6.07 Å². The average molecular weight is 310 g/mol. The van der Waals surface area contributed by atoms with Crippen LogP contribution < -0.4 is 9.88 Å². The maximum absolute atomic E-state index is 11.4. The lowest BCUT2D eigenvalue weighted by Crippen LogP contribution is -2.15. The van der Waals surface area contributed by atoms with Gasteiger partial charge in [-0.1, -0.05) is 13.8 Å². The van der Waals surface area contributed by atoms with E-state index in [0.29, 0.717) is 18.8 Å². The number of ether oxygens (including phenoxy) is 1. The number of hydrogen-bond donors (Lipinski definition) is 1. The van der Waals surface area contributed by atoms with Crippen molar-refractivity contribution in [2.75, 3.05) is 6.61 Å². The van der Waals surface area contributed by atoms with Gasteiger partial charge in [-0.15, -0.1) is 0 Å². The summed E-state index contributed by atoms with van der Waals surface area (Å²) in [6.07, 6.45) is 0.595. The van der Waals surface area contributed by atoms with Crippen molar-refractivity contribution < 1.29 is 13.2 Å². The summed E-state index contributed by atoms with van der Waals surface area (Å²) < 4.78 is 28.5. The molecule has 5 nitrogen and oxygen atoms in total. The zero-order valence-electron chi connectivity index (χ0n) is 12.9. The van der Waals surface area contributed by atoms with Gasteiger partial charge in [-0.3, -0.25) is 0 Å². The smallest absolute Gasteiger partial charge is 0.238 e. The van der Waals surface area contributed by atoms with Crippen molar-refractivity contribution in [1.82, 2.24) is 0 Å². The summed E-state index contributed by atoms with van der Waals surface area (Å²) in [5, 5.41) is 14.1. The van der Waals surface area contributed by atoms with Crippen LogP contribution in [0.2, 0.25) is 0 Å². The molecule has 0 saturated heterocycles. The molecule has 1 aromatic carbocycles. The van der Waals surface area contributed by atoms with Gasteiger partial charge in [0.25, 0.3) is 0 Å². The molecule has 0 aliphatic carbocycles. The number of nitrogens with zero attached hydrogens (tertiary/aromatic N) is 1. The summed E-state index contributed by atoms with van der Waals surface area (Å²) in [6, 6.07) is 6.82. The molecular weight excluding hydrogens is 288 g/mol. The average Bonchev–Trinajstić information content (AvgIpc) is 2.37. The molecule has 116 valence electrons. The zero-order chi connectivity index (χ0) is 16.3. The Morgan fingerprint density at radius 1 is 1.38 bits per heavy atom. The number of sulfonamides is 1. The van der Waals surface area contributed by atoms with E-state index in [4.69, 9.17) is 15.1 Å². The third kappa shape index (κ3) is 5.03. The van der Waals surface area contributed by atoms with E-state index in [-0.39, 0.29) is 10.8 Å². The topological polar surface area (TPSA) is 93.2 Å². The predicted octanol–water partition coefficient (Wildman–Crippen LogP) is 2.78. The minimum Gasteiger partial charge on any atom is -0.493 e. The van der Waals surface area contributed by atoms with Crippen LogP contribution in [-0.2, 0) is 10.0 Å². The summed E-state index contributed by atoms with van der Waals surface area (Å²) >= 11 is 0. The molecule has 1 rings (SSSR count). The fraction of sp³-hybridized carbons (Fsp3) is 0.533. The van der Waals surface area contributed by atoms with E-state index in [1.807, 2.05) is 27.7 Å². The van der Waals surface area contributed by atoms with E-state index in [1.165, 1.54) is 6.07 Å². The molecule has 0 heterocycles. The van der Waals surface area contributed by atoms with E-state index < -0.39 is 15.4 Å². The molecule has 0 unspecified atom stereocenters. The number of nitrogens with two attached hydrogens (primary N) is 1. The third-order valence-corrected chi connectivity index (χ3v) is 4.13. The van der Waals surface area contributed by atoms with Gasteiger partial charge in [-0.05, 0) is 49.9 Å². The Balaban J connectivity index is 2.96. The van der Waals surface area contributed by atoms with Crippen molar-refractivity contribution >= 4 is 10.0 Å². The first-order chi connectivity index (χ1) is 9.57. The Labute approximate surface area is 126 Å². The second-order valence-corrected chi connectivity index (χ2v) is 7.55. The Kier molecular flexibility index (Phi) is 5.37. The fourth-order valence-electron chi connectivity index (χ4n) is 1.76. The molecule has 21 heavy (non-hydrogen) atoms. The van der Waals surface area contributed by atoms with E-state index in [1.54, 1.807) is 12.1 Å². The van der Waals surface area contributed by atoms with Gasteiger partial charge in [-0.25, -0.2) is 13.6 Å². The summed E-state index contributed by atoms with van der Waals surface area (Å²) in [7, 11) is -3.72. The van der Waals surface area contributed by atoms with Crippen LogP contribution in [0, 0.1) is 16.7 Å². The summed E-state index contributed by atoms with van der Waals surface area (Å²) in [4.78, 5) is 0.0795. The molecule has 1 aromatic rings. The Bertz CT molecular complexity index is 643. The lowest BCUT2D eigenvalue weighted by Gasteiger charge is -2.18. The molecule has 0 atom stereocenters. The van der Waals surface area contributed by atoms with Crippen molar-refractivity contribution in [1.29, 1.82) is 5.26 Å². The van der Waals surface area contributed by atoms with Gasteiger partial charge in [0.05, 0.1) is 23.0 Å². The van der Waals surface area contributed by atoms with Crippen LogP contribution in [0.25, 0.3) is 0 Å². The molecular formula is C15H22N2O3S. The van der Waals surface area contributed by atoms with Gasteiger partial charge in [0.2, 0.25) is 10.0 Å². The first kappa shape index (κ1) is 17.5. The van der Waals surface area contributed by atoms with Gasteiger partial charge in [0, 0.05) is 0 Å². The summed E-state index contributed by atoms with van der Waals surface area (Å²) in [6.45, 7) is 8.01. The maximum atomic E-state index is 11.4. The highest BCUT2D eigenvalue weighted by Crippen LogP contribution is 2.29. The largest absolute Gasteiger partial charge is 0.493 e. The minimum atomic E-state index is -3.72. The molecule has 0 amide bonds. The minimum absolute atomic E-state index is 0.0795. The second-order valence-electron chi connectivity index (χ2n) is 5.99. The summed E-state index contributed by atoms with van der Waals surface area (Å²) in [5.74, 6) is 0.733. The van der Waals surface area contributed by atoms with Gasteiger partial charge in [0.1, 0.15) is 5.75 Å². The SMILES string of the molecule is CC(C)c1cc(S(N)(=O)=O)ccc1OCCC(C)(C)C#N. The number of nitriles is 1. The normalized spacial score (nSPS) is 12.2. The molecule has 0 saturated carbocycles. The number of rotatable bonds is 6. The van der Waals surface area contributed by atoms with E-state index in [0.717, 1.165) is 5.56 Å². The highest BCUT2D eigenvalue weighted by molar-refractivity contribution is 7.89. The van der Waals surface area contributed by atoms with Crippen molar-refractivity contribution in [3.63, 3.8) is 0 Å². The Hall–Kier alpha value is -1.58. The van der Waals surface area contributed by atoms with Crippen LogP contribution in [0.1, 0.15) is 45.6 Å². The second kappa shape index (κ2) is 6.46. The molecule has 0 spiro atoms. The molecule has 0 fully saturated rings. The number of primary sulfonamides is 1. The van der Waals surface area contributed by atoms with E-state index in [9.17, 15) is 8.42 Å². The quantitative estimate of drug-likeness (QED) is 0.874. The van der Waals surface area contributed by atoms with Gasteiger partial charge in [-0.2, -0.15) is 5.26 Å². The third-order valence-electron chi connectivity index (χ3n) is 3.22. The highest BCUT2D eigenvalue weighted by atomic mass is 32.2. The van der Waals surface area contributed by atoms with E-state index >= 15 is 0 Å². The predicted molar refractivity (Wildman–Crippen MR) is 81.4 cm³/mol.